The topological polar surface area (TPSA) is 55.4 Å². The lowest BCUT2D eigenvalue weighted by molar-refractivity contribution is 0.355. The first-order valence-electron chi connectivity index (χ1n) is 12.6. The fraction of sp³-hybridized carbons (Fsp3) is 0.250. The smallest absolute Gasteiger partial charge is 0.169 e. The molecule has 0 unspecified atom stereocenters. The van der Waals surface area contributed by atoms with Crippen LogP contribution in [0.2, 0.25) is 0 Å². The molecule has 0 atom stereocenters. The molecule has 0 amide bonds. The van der Waals surface area contributed by atoms with Gasteiger partial charge in [-0.15, -0.1) is 0 Å². The second-order valence-corrected chi connectivity index (χ2v) is 9.14. The van der Waals surface area contributed by atoms with Gasteiger partial charge in [0.15, 0.2) is 46.0 Å². The number of fused-ring (bicyclic) bond motifs is 8. The molecule has 5 rings (SSSR count). The lowest BCUT2D eigenvalue weighted by Gasteiger charge is -2.17. The molecule has 8 bridgehead atoms. The quantitative estimate of drug-likeness (QED) is 0.288. The second-order valence-electron chi connectivity index (χ2n) is 9.14. The number of benzene rings is 4. The molecule has 0 spiro atoms. The zero-order chi connectivity index (χ0) is 26.5. The summed E-state index contributed by atoms with van der Waals surface area (Å²) < 4.78 is 35.2. The minimum Gasteiger partial charge on any atom is -0.493 e. The average molecular weight is 513 g/mol. The normalized spacial score (nSPS) is 12.7. The molecule has 0 radical (unpaired) electrons. The first-order chi connectivity index (χ1) is 18.6. The van der Waals surface area contributed by atoms with Crippen LogP contribution >= 0.6 is 0 Å². The van der Waals surface area contributed by atoms with Gasteiger partial charge in [-0.3, -0.25) is 0 Å². The Morgan fingerprint density at radius 1 is 0.395 bits per heavy atom. The third-order valence-corrected chi connectivity index (χ3v) is 6.76. The summed E-state index contributed by atoms with van der Waals surface area (Å²) in [6, 6.07) is 24.2. The molecule has 0 N–H and O–H groups in total. The summed E-state index contributed by atoms with van der Waals surface area (Å²) in [4.78, 5) is 0. The fourth-order valence-electron chi connectivity index (χ4n) is 4.64. The molecule has 6 nitrogen and oxygen atoms in total. The molecule has 0 aromatic heterocycles. The van der Waals surface area contributed by atoms with Gasteiger partial charge in [-0.2, -0.15) is 0 Å². The Morgan fingerprint density at radius 3 is 0.842 bits per heavy atom. The van der Waals surface area contributed by atoms with Crippen molar-refractivity contribution in [1.29, 1.82) is 0 Å². The van der Waals surface area contributed by atoms with Crippen LogP contribution in [0.1, 0.15) is 22.3 Å². The van der Waals surface area contributed by atoms with Crippen molar-refractivity contribution in [2.24, 2.45) is 0 Å². The van der Waals surface area contributed by atoms with E-state index in [1.54, 1.807) is 28.4 Å². The molecular weight excluding hydrogens is 480 g/mol. The van der Waals surface area contributed by atoms with Crippen LogP contribution in [0.15, 0.2) is 72.8 Å². The van der Waals surface area contributed by atoms with Gasteiger partial charge in [0.25, 0.3) is 0 Å². The molecule has 0 aliphatic carbocycles. The van der Waals surface area contributed by atoms with Crippen LogP contribution in [0.3, 0.4) is 0 Å². The SMILES string of the molecule is COc1ccc2cc1Oc1cc(ccc1OC)CCc1ccc(OC)c(c1)Oc1cc(ccc1OC)CC2. The minimum absolute atomic E-state index is 0.653. The molecule has 0 saturated heterocycles. The number of aryl methyl sites for hydroxylation is 4. The van der Waals surface area contributed by atoms with E-state index in [0.717, 1.165) is 47.9 Å². The molecular formula is C32H32O6. The number of rotatable bonds is 4. The van der Waals surface area contributed by atoms with Gasteiger partial charge >= 0.3 is 0 Å². The predicted molar refractivity (Wildman–Crippen MR) is 147 cm³/mol. The molecule has 1 heterocycles. The predicted octanol–water partition coefficient (Wildman–Crippen LogP) is 7.19. The fourth-order valence-corrected chi connectivity index (χ4v) is 4.64. The minimum atomic E-state index is 0.653. The molecule has 6 heteroatoms. The van der Waals surface area contributed by atoms with E-state index in [9.17, 15) is 0 Å². The number of methoxy groups -OCH3 is 4. The van der Waals surface area contributed by atoms with Gasteiger partial charge in [0.05, 0.1) is 28.4 Å². The van der Waals surface area contributed by atoms with E-state index in [1.807, 2.05) is 48.5 Å². The van der Waals surface area contributed by atoms with Crippen LogP contribution < -0.4 is 28.4 Å². The van der Waals surface area contributed by atoms with Gasteiger partial charge in [-0.1, -0.05) is 24.3 Å². The van der Waals surface area contributed by atoms with Crippen molar-refractivity contribution in [3.63, 3.8) is 0 Å². The lowest BCUT2D eigenvalue weighted by atomic mass is 10.0. The van der Waals surface area contributed by atoms with Crippen LogP contribution in [-0.4, -0.2) is 28.4 Å². The van der Waals surface area contributed by atoms with Crippen LogP contribution in [0, 0.1) is 0 Å². The van der Waals surface area contributed by atoms with E-state index < -0.39 is 0 Å². The Morgan fingerprint density at radius 2 is 0.632 bits per heavy atom. The van der Waals surface area contributed by atoms with Crippen molar-refractivity contribution in [1.82, 2.24) is 0 Å². The van der Waals surface area contributed by atoms with Crippen molar-refractivity contribution in [2.45, 2.75) is 25.7 Å². The monoisotopic (exact) mass is 512 g/mol. The molecule has 0 fully saturated rings. The van der Waals surface area contributed by atoms with Crippen molar-refractivity contribution in [3.05, 3.63) is 95.1 Å². The average Bonchev–Trinajstić information content (AvgIpc) is 2.95. The zero-order valence-corrected chi connectivity index (χ0v) is 22.2. The van der Waals surface area contributed by atoms with Gasteiger partial charge < -0.3 is 28.4 Å². The van der Waals surface area contributed by atoms with Gasteiger partial charge in [0.2, 0.25) is 0 Å². The largest absolute Gasteiger partial charge is 0.493 e. The van der Waals surface area contributed by atoms with Crippen LogP contribution in [0.4, 0.5) is 0 Å². The maximum Gasteiger partial charge on any atom is 0.169 e. The molecule has 4 aromatic carbocycles. The molecule has 1 aliphatic heterocycles. The summed E-state index contributed by atoms with van der Waals surface area (Å²) in [5.41, 5.74) is 4.52. The molecule has 1 aliphatic rings. The Bertz CT molecular complexity index is 1210. The summed E-state index contributed by atoms with van der Waals surface area (Å²) >= 11 is 0. The van der Waals surface area contributed by atoms with E-state index in [4.69, 9.17) is 28.4 Å². The van der Waals surface area contributed by atoms with Crippen molar-refractivity contribution in [2.75, 3.05) is 28.4 Å². The van der Waals surface area contributed by atoms with Gasteiger partial charge in [-0.05, 0) is 96.5 Å². The Hall–Kier alpha value is -4.32. The van der Waals surface area contributed by atoms with Gasteiger partial charge in [-0.25, -0.2) is 0 Å². The highest BCUT2D eigenvalue weighted by molar-refractivity contribution is 5.52. The van der Waals surface area contributed by atoms with Gasteiger partial charge in [0.1, 0.15) is 0 Å². The molecule has 196 valence electrons. The van der Waals surface area contributed by atoms with Crippen LogP contribution in [-0.2, 0) is 25.7 Å². The molecule has 38 heavy (non-hydrogen) atoms. The Labute approximate surface area is 223 Å². The summed E-state index contributed by atoms with van der Waals surface area (Å²) in [6.07, 6.45) is 3.23. The third kappa shape index (κ3) is 5.49. The standard InChI is InChI=1S/C32H32O6/c1-33-25-13-9-21-5-6-23-11-15-27(35-3)31(19-23)38-32-20-24(12-16-28(32)36-4)8-7-22-10-14-26(34-2)30(18-22)37-29(25)17-21/h9-20H,5-8H2,1-4H3. The van der Waals surface area contributed by atoms with E-state index in [2.05, 4.69) is 24.3 Å². The first-order valence-corrected chi connectivity index (χ1v) is 12.6. The highest BCUT2D eigenvalue weighted by Gasteiger charge is 2.15. The third-order valence-electron chi connectivity index (χ3n) is 6.76. The van der Waals surface area contributed by atoms with E-state index in [-0.39, 0.29) is 0 Å². The highest BCUT2D eigenvalue weighted by atomic mass is 16.5. The van der Waals surface area contributed by atoms with Crippen LogP contribution in [0.25, 0.3) is 0 Å². The molecule has 4 aromatic rings. The summed E-state index contributed by atoms with van der Waals surface area (Å²) in [5.74, 6) is 5.28. The summed E-state index contributed by atoms with van der Waals surface area (Å²) in [7, 11) is 6.60. The second kappa shape index (κ2) is 11.4. The van der Waals surface area contributed by atoms with Crippen molar-refractivity contribution in [3.8, 4) is 46.0 Å². The van der Waals surface area contributed by atoms with E-state index in [0.29, 0.717) is 46.0 Å². The zero-order valence-electron chi connectivity index (χ0n) is 22.2. The maximum absolute atomic E-state index is 6.39. The van der Waals surface area contributed by atoms with Crippen molar-refractivity contribution >= 4 is 0 Å². The summed E-state index contributed by atoms with van der Waals surface area (Å²) in [5, 5.41) is 0. The number of hydrogen-bond acceptors (Lipinski definition) is 6. The van der Waals surface area contributed by atoms with Crippen LogP contribution in [0.5, 0.6) is 46.0 Å². The van der Waals surface area contributed by atoms with Gasteiger partial charge in [0, 0.05) is 0 Å². The lowest BCUT2D eigenvalue weighted by Crippen LogP contribution is -2.00. The number of hydrogen-bond donors (Lipinski definition) is 0. The molecule has 0 saturated carbocycles. The van der Waals surface area contributed by atoms with Crippen molar-refractivity contribution < 1.29 is 28.4 Å². The van der Waals surface area contributed by atoms with E-state index >= 15 is 0 Å². The maximum atomic E-state index is 6.39. The first kappa shape index (κ1) is 25.3. The van der Waals surface area contributed by atoms with E-state index in [1.165, 1.54) is 0 Å². The number of ether oxygens (including phenoxy) is 6. The Kier molecular flexibility index (Phi) is 7.59. The summed E-state index contributed by atoms with van der Waals surface area (Å²) in [6.45, 7) is 0. The Balaban J connectivity index is 1.59. The highest BCUT2D eigenvalue weighted by Crippen LogP contribution is 2.40.